The molecular formula is C11H11BrFNO4. The molecule has 7 heteroatoms. The van der Waals surface area contributed by atoms with Crippen molar-refractivity contribution in [2.45, 2.75) is 13.0 Å². The second kappa shape index (κ2) is 6.34. The van der Waals surface area contributed by atoms with Crippen LogP contribution >= 0.6 is 15.9 Å². The van der Waals surface area contributed by atoms with Gasteiger partial charge in [-0.2, -0.15) is 0 Å². The topological polar surface area (TPSA) is 75.6 Å². The van der Waals surface area contributed by atoms with Gasteiger partial charge >= 0.3 is 5.97 Å². The molecule has 0 saturated heterocycles. The van der Waals surface area contributed by atoms with E-state index in [0.29, 0.717) is 4.47 Å². The zero-order chi connectivity index (χ0) is 13.7. The highest BCUT2D eigenvalue weighted by molar-refractivity contribution is 9.10. The molecule has 5 nitrogen and oxygen atoms in total. The first-order valence-electron chi connectivity index (χ1n) is 4.97. The van der Waals surface area contributed by atoms with E-state index in [2.05, 4.69) is 21.2 Å². The number of aliphatic carboxylic acids is 1. The number of rotatable bonds is 5. The van der Waals surface area contributed by atoms with E-state index in [1.54, 1.807) is 0 Å². The van der Waals surface area contributed by atoms with Crippen molar-refractivity contribution in [2.75, 3.05) is 6.61 Å². The molecule has 2 N–H and O–H groups in total. The smallest absolute Gasteiger partial charge is 0.329 e. The van der Waals surface area contributed by atoms with E-state index in [1.807, 2.05) is 0 Å². The number of amides is 1. The minimum absolute atomic E-state index is 0.179. The van der Waals surface area contributed by atoms with Crippen molar-refractivity contribution in [3.8, 4) is 5.75 Å². The summed E-state index contributed by atoms with van der Waals surface area (Å²) >= 11 is 3.08. The Labute approximate surface area is 111 Å². The van der Waals surface area contributed by atoms with Gasteiger partial charge in [0.05, 0.1) is 0 Å². The lowest BCUT2D eigenvalue weighted by atomic mass is 10.3. The van der Waals surface area contributed by atoms with Crippen molar-refractivity contribution in [2.24, 2.45) is 0 Å². The summed E-state index contributed by atoms with van der Waals surface area (Å²) in [6.07, 6.45) is 0. The number of carbonyl (C=O) groups is 2. The van der Waals surface area contributed by atoms with Crippen molar-refractivity contribution in [3.05, 3.63) is 28.5 Å². The Morgan fingerprint density at radius 3 is 2.67 bits per heavy atom. The molecule has 1 aromatic rings. The molecule has 0 radical (unpaired) electrons. The number of halogens is 2. The first kappa shape index (κ1) is 14.4. The molecule has 1 aromatic carbocycles. The van der Waals surface area contributed by atoms with Gasteiger partial charge in [-0.1, -0.05) is 15.9 Å². The summed E-state index contributed by atoms with van der Waals surface area (Å²) in [5, 5.41) is 11.0. The average Bonchev–Trinajstić information content (AvgIpc) is 2.21. The van der Waals surface area contributed by atoms with Crippen LogP contribution in [0.2, 0.25) is 0 Å². The zero-order valence-electron chi connectivity index (χ0n) is 9.44. The lowest BCUT2D eigenvalue weighted by Crippen LogP contribution is -2.43. The predicted molar refractivity (Wildman–Crippen MR) is 64.8 cm³/mol. The highest BCUT2D eigenvalue weighted by atomic mass is 79.9. The van der Waals surface area contributed by atoms with Crippen LogP contribution in [0, 0.1) is 5.82 Å². The molecule has 0 aliphatic rings. The van der Waals surface area contributed by atoms with Crippen LogP contribution in [0.1, 0.15) is 6.92 Å². The van der Waals surface area contributed by atoms with Crippen LogP contribution in [0.3, 0.4) is 0 Å². The van der Waals surface area contributed by atoms with Gasteiger partial charge in [0.2, 0.25) is 5.91 Å². The molecule has 1 rings (SSSR count). The molecular weight excluding hydrogens is 309 g/mol. The number of hydrogen-bond donors (Lipinski definition) is 2. The Hall–Kier alpha value is -1.63. The van der Waals surface area contributed by atoms with E-state index in [1.165, 1.54) is 19.1 Å². The molecule has 0 bridgehead atoms. The minimum Gasteiger partial charge on any atom is -0.491 e. The number of nitrogens with one attached hydrogen (secondary N) is 1. The summed E-state index contributed by atoms with van der Waals surface area (Å²) in [6, 6.07) is 2.69. The lowest BCUT2D eigenvalue weighted by Gasteiger charge is -2.14. The van der Waals surface area contributed by atoms with Gasteiger partial charge in [0.15, 0.2) is 6.04 Å². The van der Waals surface area contributed by atoms with Gasteiger partial charge in [0, 0.05) is 17.5 Å². The van der Waals surface area contributed by atoms with Crippen molar-refractivity contribution in [1.29, 1.82) is 0 Å². The highest BCUT2D eigenvalue weighted by Crippen LogP contribution is 2.20. The largest absolute Gasteiger partial charge is 0.491 e. The van der Waals surface area contributed by atoms with Crippen LogP contribution in [0.4, 0.5) is 4.39 Å². The number of carboxylic acid groups (broad SMARTS) is 1. The fourth-order valence-electron chi connectivity index (χ4n) is 1.21. The third kappa shape index (κ3) is 4.70. The number of hydrogen-bond acceptors (Lipinski definition) is 3. The minimum atomic E-state index is -1.22. The molecule has 0 saturated carbocycles. The van der Waals surface area contributed by atoms with Crippen molar-refractivity contribution >= 4 is 27.8 Å². The van der Waals surface area contributed by atoms with E-state index in [4.69, 9.17) is 9.84 Å². The summed E-state index contributed by atoms with van der Waals surface area (Å²) in [7, 11) is 0. The SMILES string of the molecule is CC(=O)NC(COc1cc(F)cc(Br)c1)C(=O)O. The maximum atomic E-state index is 13.0. The highest BCUT2D eigenvalue weighted by Gasteiger charge is 2.19. The molecule has 0 spiro atoms. The van der Waals surface area contributed by atoms with Crippen molar-refractivity contribution < 1.29 is 23.8 Å². The molecule has 1 amide bonds. The summed E-state index contributed by atoms with van der Waals surface area (Å²) in [4.78, 5) is 21.6. The summed E-state index contributed by atoms with van der Waals surface area (Å²) in [6.45, 7) is 0.916. The first-order valence-corrected chi connectivity index (χ1v) is 5.76. The number of carbonyl (C=O) groups excluding carboxylic acids is 1. The van der Waals surface area contributed by atoms with Crippen molar-refractivity contribution in [3.63, 3.8) is 0 Å². The molecule has 1 atom stereocenters. The lowest BCUT2D eigenvalue weighted by molar-refractivity contribution is -0.142. The molecule has 0 fully saturated rings. The summed E-state index contributed by atoms with van der Waals surface area (Å²) < 4.78 is 18.6. The molecule has 0 heterocycles. The molecule has 0 aromatic heterocycles. The Morgan fingerprint density at radius 1 is 1.50 bits per heavy atom. The summed E-state index contributed by atoms with van der Waals surface area (Å²) in [5.41, 5.74) is 0. The van der Waals surface area contributed by atoms with Crippen LogP contribution in [0.15, 0.2) is 22.7 Å². The van der Waals surface area contributed by atoms with Crippen LogP contribution < -0.4 is 10.1 Å². The molecule has 98 valence electrons. The fraction of sp³-hybridized carbons (Fsp3) is 0.273. The molecule has 0 aliphatic carbocycles. The summed E-state index contributed by atoms with van der Waals surface area (Å²) in [5.74, 6) is -2.03. The van der Waals surface area contributed by atoms with Gasteiger partial charge < -0.3 is 15.2 Å². The van der Waals surface area contributed by atoms with Crippen molar-refractivity contribution in [1.82, 2.24) is 5.32 Å². The maximum absolute atomic E-state index is 13.0. The van der Waals surface area contributed by atoms with E-state index in [-0.39, 0.29) is 12.4 Å². The Kier molecular flexibility index (Phi) is 5.08. The maximum Gasteiger partial charge on any atom is 0.329 e. The normalized spacial score (nSPS) is 11.7. The van der Waals surface area contributed by atoms with Gasteiger partial charge in [-0.25, -0.2) is 9.18 Å². The Bertz CT molecular complexity index is 446. The Morgan fingerprint density at radius 2 is 2.17 bits per heavy atom. The fourth-order valence-corrected chi connectivity index (χ4v) is 1.66. The predicted octanol–water partition coefficient (Wildman–Crippen LogP) is 1.56. The van der Waals surface area contributed by atoms with Gasteiger partial charge in [-0.15, -0.1) is 0 Å². The van der Waals surface area contributed by atoms with Crippen LogP contribution in [0.5, 0.6) is 5.75 Å². The second-order valence-electron chi connectivity index (χ2n) is 3.51. The number of ether oxygens (including phenoxy) is 1. The number of benzene rings is 1. The Balaban J connectivity index is 2.66. The van der Waals surface area contributed by atoms with Crippen LogP contribution in [-0.2, 0) is 9.59 Å². The first-order chi connectivity index (χ1) is 8.38. The second-order valence-corrected chi connectivity index (χ2v) is 4.42. The molecule has 1 unspecified atom stereocenters. The average molecular weight is 320 g/mol. The van der Waals surface area contributed by atoms with Gasteiger partial charge in [-0.05, 0) is 12.1 Å². The van der Waals surface area contributed by atoms with Gasteiger partial charge in [0.25, 0.3) is 0 Å². The van der Waals surface area contributed by atoms with E-state index in [9.17, 15) is 14.0 Å². The third-order valence-electron chi connectivity index (χ3n) is 1.93. The van der Waals surface area contributed by atoms with Gasteiger partial charge in [-0.3, -0.25) is 4.79 Å². The monoisotopic (exact) mass is 319 g/mol. The quantitative estimate of drug-likeness (QED) is 0.863. The third-order valence-corrected chi connectivity index (χ3v) is 2.39. The molecule has 0 aliphatic heterocycles. The van der Waals surface area contributed by atoms with Gasteiger partial charge in [0.1, 0.15) is 18.2 Å². The van der Waals surface area contributed by atoms with Crippen LogP contribution in [0.25, 0.3) is 0 Å². The van der Waals surface area contributed by atoms with E-state index >= 15 is 0 Å². The zero-order valence-corrected chi connectivity index (χ0v) is 11.0. The molecule has 18 heavy (non-hydrogen) atoms. The number of carboxylic acids is 1. The van der Waals surface area contributed by atoms with E-state index < -0.39 is 23.7 Å². The van der Waals surface area contributed by atoms with E-state index in [0.717, 1.165) is 6.07 Å². The van der Waals surface area contributed by atoms with Crippen LogP contribution in [-0.4, -0.2) is 29.6 Å². The standard InChI is InChI=1S/C11H11BrFNO4/c1-6(15)14-10(11(16)17)5-18-9-3-7(12)2-8(13)4-9/h2-4,10H,5H2,1H3,(H,14,15)(H,16,17).